The Balaban J connectivity index is 2.18. The number of carboxylic acid groups (broad SMARTS) is 1. The summed E-state index contributed by atoms with van der Waals surface area (Å²) in [7, 11) is 1.64. The highest BCUT2D eigenvalue weighted by Gasteiger charge is 2.31. The highest BCUT2D eigenvalue weighted by Crippen LogP contribution is 2.33. The number of hydrogen-bond donors (Lipinski definition) is 2. The summed E-state index contributed by atoms with van der Waals surface area (Å²) in [6.45, 7) is 0. The van der Waals surface area contributed by atoms with Gasteiger partial charge in [-0.15, -0.1) is 0 Å². The van der Waals surface area contributed by atoms with Crippen LogP contribution in [0.15, 0.2) is 23.0 Å². The number of hydrogen-bond acceptors (Lipinski definition) is 3. The third-order valence-corrected chi connectivity index (χ3v) is 4.02. The van der Waals surface area contributed by atoms with Crippen molar-refractivity contribution in [1.29, 1.82) is 0 Å². The van der Waals surface area contributed by atoms with Crippen LogP contribution in [0.4, 0.5) is 0 Å². The lowest BCUT2D eigenvalue weighted by molar-refractivity contribution is 0.0697. The molecule has 1 aliphatic carbocycles. The Morgan fingerprint density at radius 3 is 2.95 bits per heavy atom. The number of nitrogens with one attached hydrogen (secondary N) is 1. The van der Waals surface area contributed by atoms with Gasteiger partial charge in [-0.2, -0.15) is 0 Å². The molecule has 1 fully saturated rings. The fourth-order valence-corrected chi connectivity index (χ4v) is 3.06. The lowest BCUT2D eigenvalue weighted by atomic mass is 10.1. The molecule has 0 spiro atoms. The normalized spacial score (nSPS) is 22.4. The number of carboxylic acids is 1. The molecule has 2 aromatic rings. The Labute approximate surface area is 115 Å². The van der Waals surface area contributed by atoms with Crippen molar-refractivity contribution in [3.8, 4) is 0 Å². The van der Waals surface area contributed by atoms with Crippen molar-refractivity contribution in [2.75, 3.05) is 7.11 Å². The number of aromatic amines is 1. The molecule has 6 nitrogen and oxygen atoms in total. The fraction of sp³-hybridized carbons (Fsp3) is 0.429. The van der Waals surface area contributed by atoms with Gasteiger partial charge in [0, 0.05) is 7.11 Å². The molecule has 0 bridgehead atoms. The number of aromatic carboxylic acids is 1. The van der Waals surface area contributed by atoms with Gasteiger partial charge in [-0.25, -0.2) is 9.59 Å². The average Bonchev–Trinajstić information content (AvgIpc) is 2.99. The van der Waals surface area contributed by atoms with Crippen LogP contribution in [0, 0.1) is 0 Å². The number of rotatable bonds is 3. The van der Waals surface area contributed by atoms with E-state index >= 15 is 0 Å². The van der Waals surface area contributed by atoms with E-state index < -0.39 is 5.97 Å². The molecule has 1 saturated carbocycles. The molecule has 3 rings (SSSR count). The standard InChI is InChI=1S/C14H16N2O4/c1-20-12-4-2-3-10(12)16-11-7-8(13(17)18)5-6-9(11)15-14(16)19/h5-7,10,12H,2-4H2,1H3,(H,15,19)(H,17,18). The van der Waals surface area contributed by atoms with Crippen molar-refractivity contribution in [3.05, 3.63) is 34.2 Å². The van der Waals surface area contributed by atoms with Crippen molar-refractivity contribution in [2.24, 2.45) is 0 Å². The molecule has 0 saturated heterocycles. The van der Waals surface area contributed by atoms with Gasteiger partial charge in [-0.1, -0.05) is 0 Å². The van der Waals surface area contributed by atoms with Crippen LogP contribution in [0.25, 0.3) is 11.0 Å². The zero-order chi connectivity index (χ0) is 14.3. The second kappa shape index (κ2) is 4.79. The summed E-state index contributed by atoms with van der Waals surface area (Å²) >= 11 is 0. The summed E-state index contributed by atoms with van der Waals surface area (Å²) in [5.74, 6) is -0.998. The van der Waals surface area contributed by atoms with Crippen molar-refractivity contribution in [3.63, 3.8) is 0 Å². The Hall–Kier alpha value is -2.08. The van der Waals surface area contributed by atoms with Crippen LogP contribution < -0.4 is 5.69 Å². The van der Waals surface area contributed by atoms with Crippen LogP contribution in [0.2, 0.25) is 0 Å². The van der Waals surface area contributed by atoms with Crippen LogP contribution in [0.3, 0.4) is 0 Å². The van der Waals surface area contributed by atoms with E-state index in [0.717, 1.165) is 19.3 Å². The van der Waals surface area contributed by atoms with Gasteiger partial charge >= 0.3 is 11.7 Å². The minimum atomic E-state index is -0.998. The monoisotopic (exact) mass is 276 g/mol. The van der Waals surface area contributed by atoms with E-state index in [1.54, 1.807) is 23.8 Å². The quantitative estimate of drug-likeness (QED) is 0.894. The highest BCUT2D eigenvalue weighted by molar-refractivity contribution is 5.92. The lowest BCUT2D eigenvalue weighted by Gasteiger charge is -2.19. The molecular formula is C14H16N2O4. The SMILES string of the molecule is COC1CCCC1n1c(=O)[nH]c2ccc(C(=O)O)cc21. The molecule has 20 heavy (non-hydrogen) atoms. The number of benzene rings is 1. The van der Waals surface area contributed by atoms with Crippen molar-refractivity contribution < 1.29 is 14.6 Å². The van der Waals surface area contributed by atoms with Crippen molar-refractivity contribution in [2.45, 2.75) is 31.4 Å². The maximum atomic E-state index is 12.2. The maximum absolute atomic E-state index is 12.2. The summed E-state index contributed by atoms with van der Waals surface area (Å²) in [4.78, 5) is 26.0. The van der Waals surface area contributed by atoms with E-state index in [0.29, 0.717) is 11.0 Å². The third-order valence-electron chi connectivity index (χ3n) is 4.02. The van der Waals surface area contributed by atoms with Crippen molar-refractivity contribution >= 4 is 17.0 Å². The van der Waals surface area contributed by atoms with Gasteiger partial charge in [0.2, 0.25) is 0 Å². The molecule has 2 unspecified atom stereocenters. The van der Waals surface area contributed by atoms with E-state index in [9.17, 15) is 9.59 Å². The molecular weight excluding hydrogens is 260 g/mol. The van der Waals surface area contributed by atoms with E-state index in [4.69, 9.17) is 9.84 Å². The second-order valence-corrected chi connectivity index (χ2v) is 5.11. The first-order chi connectivity index (χ1) is 9.61. The summed E-state index contributed by atoms with van der Waals surface area (Å²) in [5.41, 5.74) is 1.25. The lowest BCUT2D eigenvalue weighted by Crippen LogP contribution is -2.28. The predicted molar refractivity (Wildman–Crippen MR) is 73.2 cm³/mol. The number of fused-ring (bicyclic) bond motifs is 1. The Bertz CT molecular complexity index is 716. The van der Waals surface area contributed by atoms with Crippen molar-refractivity contribution in [1.82, 2.24) is 9.55 Å². The zero-order valence-electron chi connectivity index (χ0n) is 11.1. The number of ether oxygens (including phenoxy) is 1. The van der Waals surface area contributed by atoms with E-state index in [2.05, 4.69) is 4.98 Å². The number of methoxy groups -OCH3 is 1. The van der Waals surface area contributed by atoms with Crippen LogP contribution in [-0.4, -0.2) is 33.8 Å². The predicted octanol–water partition coefficient (Wildman–Crippen LogP) is 1.77. The Morgan fingerprint density at radius 2 is 2.25 bits per heavy atom. The van der Waals surface area contributed by atoms with Crippen LogP contribution in [0.1, 0.15) is 35.7 Å². The summed E-state index contributed by atoms with van der Waals surface area (Å²) < 4.78 is 7.08. The van der Waals surface area contributed by atoms with E-state index in [1.165, 1.54) is 6.07 Å². The largest absolute Gasteiger partial charge is 0.478 e. The second-order valence-electron chi connectivity index (χ2n) is 5.11. The molecule has 1 heterocycles. The van der Waals surface area contributed by atoms with Gasteiger partial charge in [-0.05, 0) is 37.5 Å². The van der Waals surface area contributed by atoms with Crippen LogP contribution >= 0.6 is 0 Å². The number of aromatic nitrogens is 2. The minimum Gasteiger partial charge on any atom is -0.478 e. The zero-order valence-corrected chi connectivity index (χ0v) is 11.1. The molecule has 106 valence electrons. The molecule has 1 aromatic heterocycles. The number of nitrogens with zero attached hydrogens (tertiary/aromatic N) is 1. The molecule has 2 N–H and O–H groups in total. The smallest absolute Gasteiger partial charge is 0.335 e. The van der Waals surface area contributed by atoms with Gasteiger partial charge in [0.1, 0.15) is 0 Å². The van der Waals surface area contributed by atoms with E-state index in [-0.39, 0.29) is 23.4 Å². The summed E-state index contributed by atoms with van der Waals surface area (Å²) in [6.07, 6.45) is 2.78. The molecule has 2 atom stereocenters. The number of H-pyrrole nitrogens is 1. The van der Waals surface area contributed by atoms with Gasteiger partial charge in [0.15, 0.2) is 0 Å². The molecule has 0 amide bonds. The average molecular weight is 276 g/mol. The Kier molecular flexibility index (Phi) is 3.10. The van der Waals surface area contributed by atoms with Crippen LogP contribution in [0.5, 0.6) is 0 Å². The van der Waals surface area contributed by atoms with E-state index in [1.807, 2.05) is 0 Å². The first-order valence-electron chi connectivity index (χ1n) is 6.62. The fourth-order valence-electron chi connectivity index (χ4n) is 3.06. The molecule has 0 radical (unpaired) electrons. The van der Waals surface area contributed by atoms with Gasteiger partial charge in [0.05, 0.1) is 28.7 Å². The molecule has 0 aliphatic heterocycles. The van der Waals surface area contributed by atoms with Gasteiger partial charge in [0.25, 0.3) is 0 Å². The molecule has 6 heteroatoms. The Morgan fingerprint density at radius 1 is 1.45 bits per heavy atom. The minimum absolute atomic E-state index is 0.000171. The summed E-state index contributed by atoms with van der Waals surface area (Å²) in [5, 5.41) is 9.08. The first-order valence-corrected chi connectivity index (χ1v) is 6.62. The topological polar surface area (TPSA) is 84.3 Å². The highest BCUT2D eigenvalue weighted by atomic mass is 16.5. The third kappa shape index (κ3) is 1.92. The number of imidazole rings is 1. The molecule has 1 aliphatic rings. The van der Waals surface area contributed by atoms with Gasteiger partial charge < -0.3 is 14.8 Å². The van der Waals surface area contributed by atoms with Gasteiger partial charge in [-0.3, -0.25) is 4.57 Å². The maximum Gasteiger partial charge on any atom is 0.335 e. The first kappa shape index (κ1) is 12.9. The summed E-state index contributed by atoms with van der Waals surface area (Å²) in [6, 6.07) is 4.63. The number of carbonyl (C=O) groups is 1. The molecule has 1 aromatic carbocycles. The van der Waals surface area contributed by atoms with Crippen LogP contribution in [-0.2, 0) is 4.74 Å².